The van der Waals surface area contributed by atoms with Gasteiger partial charge in [0.1, 0.15) is 5.75 Å². The number of ether oxygens (including phenoxy) is 1. The molecule has 0 aliphatic heterocycles. The highest BCUT2D eigenvalue weighted by Crippen LogP contribution is 2.39. The Balaban J connectivity index is 1.94. The molecule has 2 nitrogen and oxygen atoms in total. The molecule has 0 aromatic heterocycles. The molecule has 1 saturated carbocycles. The molecular weight excluding hydrogens is 272 g/mol. The van der Waals surface area contributed by atoms with Crippen molar-refractivity contribution in [1.82, 2.24) is 0 Å². The van der Waals surface area contributed by atoms with Gasteiger partial charge in [0.15, 0.2) is 0 Å². The van der Waals surface area contributed by atoms with Gasteiger partial charge in [0, 0.05) is 5.56 Å². The molecule has 1 aliphatic rings. The normalized spacial score (nSPS) is 17.2. The lowest BCUT2D eigenvalue weighted by Gasteiger charge is -2.28. The zero-order valence-corrected chi connectivity index (χ0v) is 13.2. The van der Waals surface area contributed by atoms with Crippen molar-refractivity contribution < 1.29 is 9.84 Å². The van der Waals surface area contributed by atoms with E-state index in [1.165, 1.54) is 24.8 Å². The van der Waals surface area contributed by atoms with Crippen LogP contribution in [0.15, 0.2) is 48.5 Å². The molecule has 0 bridgehead atoms. The molecule has 3 rings (SSSR count). The minimum absolute atomic E-state index is 0.355. The van der Waals surface area contributed by atoms with Crippen molar-refractivity contribution in [2.24, 2.45) is 5.92 Å². The summed E-state index contributed by atoms with van der Waals surface area (Å²) in [6.07, 6.45) is 5.54. The minimum atomic E-state index is -0.432. The van der Waals surface area contributed by atoms with Crippen LogP contribution in [0, 0.1) is 5.92 Å². The first-order valence-electron chi connectivity index (χ1n) is 8.21. The van der Waals surface area contributed by atoms with Gasteiger partial charge in [-0.3, -0.25) is 0 Å². The van der Waals surface area contributed by atoms with Crippen LogP contribution in [-0.4, -0.2) is 12.2 Å². The fourth-order valence-electron chi connectivity index (χ4n) is 3.48. The summed E-state index contributed by atoms with van der Waals surface area (Å²) in [5, 5.41) is 10.8. The second-order valence-corrected chi connectivity index (χ2v) is 6.17. The quantitative estimate of drug-likeness (QED) is 0.862. The van der Waals surface area contributed by atoms with Crippen LogP contribution in [-0.2, 0) is 0 Å². The maximum atomic E-state index is 10.8. The molecular formula is C20H24O2. The number of rotatable bonds is 4. The highest BCUT2D eigenvalue weighted by molar-refractivity contribution is 5.65. The Morgan fingerprint density at radius 2 is 1.68 bits per heavy atom. The maximum Gasteiger partial charge on any atom is 0.124 e. The predicted octanol–water partition coefficient (Wildman–Crippen LogP) is 4.98. The van der Waals surface area contributed by atoms with E-state index in [1.807, 2.05) is 24.3 Å². The van der Waals surface area contributed by atoms with E-state index < -0.39 is 6.10 Å². The number of methoxy groups -OCH3 is 1. The zero-order chi connectivity index (χ0) is 15.4. The first-order chi connectivity index (χ1) is 10.8. The van der Waals surface area contributed by atoms with Crippen LogP contribution in [0.3, 0.4) is 0 Å². The SMILES string of the molecule is COc1ccc(-c2ccccc2)cc1C(O)C1CCCCC1. The molecule has 1 N–H and O–H groups in total. The Morgan fingerprint density at radius 1 is 0.955 bits per heavy atom. The van der Waals surface area contributed by atoms with Gasteiger partial charge in [-0.1, -0.05) is 55.7 Å². The lowest BCUT2D eigenvalue weighted by Crippen LogP contribution is -2.16. The van der Waals surface area contributed by atoms with Crippen molar-refractivity contribution in [2.45, 2.75) is 38.2 Å². The summed E-state index contributed by atoms with van der Waals surface area (Å²) in [6, 6.07) is 16.4. The molecule has 2 aromatic carbocycles. The summed E-state index contributed by atoms with van der Waals surface area (Å²) in [4.78, 5) is 0. The third-order valence-corrected chi connectivity index (χ3v) is 4.75. The van der Waals surface area contributed by atoms with Crippen molar-refractivity contribution >= 4 is 0 Å². The smallest absolute Gasteiger partial charge is 0.124 e. The van der Waals surface area contributed by atoms with Gasteiger partial charge in [0.2, 0.25) is 0 Å². The van der Waals surface area contributed by atoms with Gasteiger partial charge in [-0.2, -0.15) is 0 Å². The molecule has 0 heterocycles. The van der Waals surface area contributed by atoms with E-state index in [0.717, 1.165) is 29.7 Å². The second-order valence-electron chi connectivity index (χ2n) is 6.17. The predicted molar refractivity (Wildman–Crippen MR) is 90.0 cm³/mol. The highest BCUT2D eigenvalue weighted by Gasteiger charge is 2.25. The van der Waals surface area contributed by atoms with Crippen molar-refractivity contribution in [1.29, 1.82) is 0 Å². The zero-order valence-electron chi connectivity index (χ0n) is 13.2. The molecule has 2 aromatic rings. The topological polar surface area (TPSA) is 29.5 Å². The first kappa shape index (κ1) is 15.1. The summed E-state index contributed by atoms with van der Waals surface area (Å²) in [6.45, 7) is 0. The van der Waals surface area contributed by atoms with Crippen molar-refractivity contribution in [3.05, 3.63) is 54.1 Å². The average Bonchev–Trinajstić information content (AvgIpc) is 2.62. The van der Waals surface area contributed by atoms with Gasteiger partial charge in [0.25, 0.3) is 0 Å². The third kappa shape index (κ3) is 3.17. The number of hydrogen-bond acceptors (Lipinski definition) is 2. The Kier molecular flexibility index (Phi) is 4.79. The van der Waals surface area contributed by atoms with E-state index >= 15 is 0 Å². The summed E-state index contributed by atoms with van der Waals surface area (Å²) in [5.41, 5.74) is 3.23. The molecule has 0 radical (unpaired) electrons. The van der Waals surface area contributed by atoms with Gasteiger partial charge >= 0.3 is 0 Å². The van der Waals surface area contributed by atoms with Crippen molar-refractivity contribution in [3.8, 4) is 16.9 Å². The monoisotopic (exact) mass is 296 g/mol. The molecule has 1 fully saturated rings. The highest BCUT2D eigenvalue weighted by atomic mass is 16.5. The van der Waals surface area contributed by atoms with Crippen LogP contribution < -0.4 is 4.74 Å². The van der Waals surface area contributed by atoms with Gasteiger partial charge in [0.05, 0.1) is 13.2 Å². The molecule has 116 valence electrons. The van der Waals surface area contributed by atoms with Gasteiger partial charge in [-0.15, -0.1) is 0 Å². The Morgan fingerprint density at radius 3 is 2.36 bits per heavy atom. The van der Waals surface area contributed by atoms with Crippen LogP contribution in [0.25, 0.3) is 11.1 Å². The third-order valence-electron chi connectivity index (χ3n) is 4.75. The Hall–Kier alpha value is -1.80. The molecule has 0 saturated heterocycles. The van der Waals surface area contributed by atoms with Gasteiger partial charge in [-0.25, -0.2) is 0 Å². The van der Waals surface area contributed by atoms with E-state index in [-0.39, 0.29) is 0 Å². The van der Waals surface area contributed by atoms with Crippen LogP contribution in [0.2, 0.25) is 0 Å². The largest absolute Gasteiger partial charge is 0.496 e. The summed E-state index contributed by atoms with van der Waals surface area (Å²) >= 11 is 0. The molecule has 1 aliphatic carbocycles. The molecule has 2 heteroatoms. The van der Waals surface area contributed by atoms with E-state index in [4.69, 9.17) is 4.74 Å². The van der Waals surface area contributed by atoms with E-state index in [0.29, 0.717) is 5.92 Å². The van der Waals surface area contributed by atoms with Gasteiger partial charge < -0.3 is 9.84 Å². The molecule has 0 spiro atoms. The summed E-state index contributed by atoms with van der Waals surface area (Å²) in [5.74, 6) is 1.14. The Bertz CT molecular complexity index is 600. The number of hydrogen-bond donors (Lipinski definition) is 1. The van der Waals surface area contributed by atoms with E-state index in [2.05, 4.69) is 24.3 Å². The van der Waals surface area contributed by atoms with E-state index in [9.17, 15) is 5.11 Å². The van der Waals surface area contributed by atoms with Crippen molar-refractivity contribution in [3.63, 3.8) is 0 Å². The van der Waals surface area contributed by atoms with E-state index in [1.54, 1.807) is 7.11 Å². The number of benzene rings is 2. The average molecular weight is 296 g/mol. The maximum absolute atomic E-state index is 10.8. The van der Waals surface area contributed by atoms with Crippen molar-refractivity contribution in [2.75, 3.05) is 7.11 Å². The van der Waals surface area contributed by atoms with Crippen LogP contribution in [0.4, 0.5) is 0 Å². The molecule has 0 amide bonds. The van der Waals surface area contributed by atoms with Crippen LogP contribution in [0.1, 0.15) is 43.8 Å². The minimum Gasteiger partial charge on any atom is -0.496 e. The number of aliphatic hydroxyl groups is 1. The molecule has 1 atom stereocenters. The second kappa shape index (κ2) is 6.97. The Labute approximate surface area is 132 Å². The standard InChI is InChI=1S/C20H24O2/c1-22-19-13-12-17(15-8-4-2-5-9-15)14-18(19)20(21)16-10-6-3-7-11-16/h2,4-5,8-9,12-14,16,20-21H,3,6-7,10-11H2,1H3. The van der Waals surface area contributed by atoms with Crippen LogP contribution in [0.5, 0.6) is 5.75 Å². The summed E-state index contributed by atoms with van der Waals surface area (Å²) < 4.78 is 5.49. The summed E-state index contributed by atoms with van der Waals surface area (Å²) in [7, 11) is 1.68. The fourth-order valence-corrected chi connectivity index (χ4v) is 3.48. The number of aliphatic hydroxyl groups excluding tert-OH is 1. The lowest BCUT2D eigenvalue weighted by molar-refractivity contribution is 0.0825. The van der Waals surface area contributed by atoms with Gasteiger partial charge in [-0.05, 0) is 42.0 Å². The fraction of sp³-hybridized carbons (Fsp3) is 0.400. The molecule has 22 heavy (non-hydrogen) atoms. The van der Waals surface area contributed by atoms with Crippen LogP contribution >= 0.6 is 0 Å². The molecule has 1 unspecified atom stereocenters. The first-order valence-corrected chi connectivity index (χ1v) is 8.21. The lowest BCUT2D eigenvalue weighted by atomic mass is 9.82.